The molecule has 0 aliphatic carbocycles. The van der Waals surface area contributed by atoms with Gasteiger partial charge in [-0.2, -0.15) is 0 Å². The van der Waals surface area contributed by atoms with Gasteiger partial charge in [0.15, 0.2) is 0 Å². The van der Waals surface area contributed by atoms with Gasteiger partial charge in [0.25, 0.3) is 0 Å². The van der Waals surface area contributed by atoms with Crippen LogP contribution in [0.3, 0.4) is 0 Å². The van der Waals surface area contributed by atoms with Gasteiger partial charge in [-0.15, -0.1) is 0 Å². The maximum absolute atomic E-state index is 11.1. The van der Waals surface area contributed by atoms with Crippen LogP contribution in [0.4, 0.5) is 0 Å². The van der Waals surface area contributed by atoms with E-state index < -0.39 is 0 Å². The molecule has 3 heteroatoms. The number of hydrogen-bond donors (Lipinski definition) is 0. The maximum Gasteiger partial charge on any atom is 0.312 e. The Bertz CT molecular complexity index is 297. The zero-order chi connectivity index (χ0) is 9.68. The SMILES string of the molecule is CCCC(=O)Oc1cccc(C)n1. The molecule has 3 nitrogen and oxygen atoms in total. The minimum Gasteiger partial charge on any atom is -0.407 e. The molecular formula is C10H13NO2. The summed E-state index contributed by atoms with van der Waals surface area (Å²) in [6, 6.07) is 5.36. The summed E-state index contributed by atoms with van der Waals surface area (Å²) in [4.78, 5) is 15.1. The predicted molar refractivity (Wildman–Crippen MR) is 49.5 cm³/mol. The lowest BCUT2D eigenvalue weighted by atomic mass is 10.3. The van der Waals surface area contributed by atoms with Crippen LogP contribution in [0.5, 0.6) is 5.88 Å². The molecule has 1 aromatic rings. The minimum atomic E-state index is -0.222. The normalized spacial score (nSPS) is 9.69. The van der Waals surface area contributed by atoms with Crippen molar-refractivity contribution in [2.45, 2.75) is 26.7 Å². The van der Waals surface area contributed by atoms with Crippen molar-refractivity contribution in [2.24, 2.45) is 0 Å². The highest BCUT2D eigenvalue weighted by molar-refractivity contribution is 5.71. The molecule has 1 rings (SSSR count). The molecule has 0 radical (unpaired) electrons. The summed E-state index contributed by atoms with van der Waals surface area (Å²) in [5, 5.41) is 0. The Labute approximate surface area is 77.8 Å². The second kappa shape index (κ2) is 4.60. The molecule has 0 atom stereocenters. The molecule has 0 aliphatic heterocycles. The molecule has 13 heavy (non-hydrogen) atoms. The van der Waals surface area contributed by atoms with Crippen molar-refractivity contribution in [3.05, 3.63) is 23.9 Å². The maximum atomic E-state index is 11.1. The molecule has 0 saturated carbocycles. The van der Waals surface area contributed by atoms with E-state index in [2.05, 4.69) is 4.98 Å². The van der Waals surface area contributed by atoms with E-state index in [0.717, 1.165) is 12.1 Å². The van der Waals surface area contributed by atoms with Gasteiger partial charge in [0.1, 0.15) is 0 Å². The molecule has 0 aliphatic rings. The standard InChI is InChI=1S/C10H13NO2/c1-3-5-10(12)13-9-7-4-6-8(2)11-9/h4,6-7H,3,5H2,1-2H3. The lowest BCUT2D eigenvalue weighted by Crippen LogP contribution is -2.08. The molecule has 1 aromatic heterocycles. The summed E-state index contributed by atoms with van der Waals surface area (Å²) in [5.41, 5.74) is 0.849. The van der Waals surface area contributed by atoms with Gasteiger partial charge in [-0.1, -0.05) is 13.0 Å². The highest BCUT2D eigenvalue weighted by Crippen LogP contribution is 2.07. The third-order valence-electron chi connectivity index (χ3n) is 1.54. The number of hydrogen-bond acceptors (Lipinski definition) is 3. The van der Waals surface area contributed by atoms with Crippen molar-refractivity contribution in [3.63, 3.8) is 0 Å². The zero-order valence-electron chi connectivity index (χ0n) is 7.91. The first-order chi connectivity index (χ1) is 6.22. The van der Waals surface area contributed by atoms with E-state index in [0.29, 0.717) is 12.3 Å². The van der Waals surface area contributed by atoms with Gasteiger partial charge in [-0.3, -0.25) is 4.79 Å². The number of rotatable bonds is 3. The van der Waals surface area contributed by atoms with Gasteiger partial charge in [0.2, 0.25) is 5.88 Å². The van der Waals surface area contributed by atoms with Crippen LogP contribution in [0, 0.1) is 6.92 Å². The van der Waals surface area contributed by atoms with E-state index in [1.807, 2.05) is 26.0 Å². The Morgan fingerprint density at radius 3 is 2.92 bits per heavy atom. The van der Waals surface area contributed by atoms with Crippen molar-refractivity contribution in [1.82, 2.24) is 4.98 Å². The third kappa shape index (κ3) is 3.23. The van der Waals surface area contributed by atoms with Gasteiger partial charge in [0, 0.05) is 18.2 Å². The van der Waals surface area contributed by atoms with Crippen LogP contribution in [-0.2, 0) is 4.79 Å². The first-order valence-electron chi connectivity index (χ1n) is 4.36. The predicted octanol–water partition coefficient (Wildman–Crippen LogP) is 2.10. The molecule has 0 N–H and O–H groups in total. The number of ether oxygens (including phenoxy) is 1. The monoisotopic (exact) mass is 179 g/mol. The Morgan fingerprint density at radius 2 is 2.31 bits per heavy atom. The second-order valence-electron chi connectivity index (χ2n) is 2.84. The number of aryl methyl sites for hydroxylation is 1. The molecule has 0 unspecified atom stereocenters. The summed E-state index contributed by atoms with van der Waals surface area (Å²) in [6.45, 7) is 3.79. The topological polar surface area (TPSA) is 39.2 Å². The number of carbonyl (C=O) groups is 1. The van der Waals surface area contributed by atoms with Gasteiger partial charge in [-0.25, -0.2) is 4.98 Å². The first-order valence-corrected chi connectivity index (χ1v) is 4.36. The summed E-state index contributed by atoms with van der Waals surface area (Å²) in [5.74, 6) is 0.166. The highest BCUT2D eigenvalue weighted by Gasteiger charge is 2.03. The first kappa shape index (κ1) is 9.71. The molecule has 0 bridgehead atoms. The number of carbonyl (C=O) groups excluding carboxylic acids is 1. The van der Waals surface area contributed by atoms with E-state index in [9.17, 15) is 4.79 Å². The van der Waals surface area contributed by atoms with Crippen molar-refractivity contribution in [2.75, 3.05) is 0 Å². The van der Waals surface area contributed by atoms with Crippen molar-refractivity contribution >= 4 is 5.97 Å². The van der Waals surface area contributed by atoms with Crippen LogP contribution >= 0.6 is 0 Å². The van der Waals surface area contributed by atoms with Crippen molar-refractivity contribution in [1.29, 1.82) is 0 Å². The molecule has 70 valence electrons. The fraction of sp³-hybridized carbons (Fsp3) is 0.400. The Hall–Kier alpha value is -1.38. The van der Waals surface area contributed by atoms with Crippen LogP contribution in [0.25, 0.3) is 0 Å². The van der Waals surface area contributed by atoms with Crippen LogP contribution in [0.15, 0.2) is 18.2 Å². The van der Waals surface area contributed by atoms with Crippen molar-refractivity contribution < 1.29 is 9.53 Å². The van der Waals surface area contributed by atoms with Gasteiger partial charge >= 0.3 is 5.97 Å². The largest absolute Gasteiger partial charge is 0.407 e. The fourth-order valence-corrected chi connectivity index (χ4v) is 0.947. The quantitative estimate of drug-likeness (QED) is 0.667. The smallest absolute Gasteiger partial charge is 0.312 e. The molecule has 0 spiro atoms. The lowest BCUT2D eigenvalue weighted by molar-refractivity contribution is -0.134. The summed E-state index contributed by atoms with van der Waals surface area (Å²) in [7, 11) is 0. The minimum absolute atomic E-state index is 0.222. The van der Waals surface area contributed by atoms with Gasteiger partial charge in [-0.05, 0) is 19.4 Å². The molecule has 1 heterocycles. The van der Waals surface area contributed by atoms with Crippen molar-refractivity contribution in [3.8, 4) is 5.88 Å². The molecular weight excluding hydrogens is 166 g/mol. The third-order valence-corrected chi connectivity index (χ3v) is 1.54. The average Bonchev–Trinajstić information content (AvgIpc) is 2.04. The summed E-state index contributed by atoms with van der Waals surface area (Å²) < 4.78 is 4.99. The lowest BCUT2D eigenvalue weighted by Gasteiger charge is -2.01. The van der Waals surface area contributed by atoms with Crippen LogP contribution in [0.1, 0.15) is 25.5 Å². The second-order valence-corrected chi connectivity index (χ2v) is 2.84. The van der Waals surface area contributed by atoms with E-state index in [-0.39, 0.29) is 5.97 Å². The average molecular weight is 179 g/mol. The fourth-order valence-electron chi connectivity index (χ4n) is 0.947. The molecule has 0 saturated heterocycles. The summed E-state index contributed by atoms with van der Waals surface area (Å²) >= 11 is 0. The van der Waals surface area contributed by atoms with E-state index in [1.165, 1.54) is 0 Å². The number of esters is 1. The zero-order valence-corrected chi connectivity index (χ0v) is 7.91. The van der Waals surface area contributed by atoms with E-state index in [1.54, 1.807) is 6.07 Å². The highest BCUT2D eigenvalue weighted by atomic mass is 16.5. The number of aromatic nitrogens is 1. The van der Waals surface area contributed by atoms with Crippen LogP contribution in [0.2, 0.25) is 0 Å². The summed E-state index contributed by atoms with van der Waals surface area (Å²) in [6.07, 6.45) is 1.24. The number of nitrogens with zero attached hydrogens (tertiary/aromatic N) is 1. The Balaban J connectivity index is 2.58. The number of pyridine rings is 1. The van der Waals surface area contributed by atoms with Crippen LogP contribution < -0.4 is 4.74 Å². The van der Waals surface area contributed by atoms with E-state index >= 15 is 0 Å². The van der Waals surface area contributed by atoms with Gasteiger partial charge in [0.05, 0.1) is 0 Å². The molecule has 0 fully saturated rings. The van der Waals surface area contributed by atoms with Crippen LogP contribution in [-0.4, -0.2) is 11.0 Å². The Morgan fingerprint density at radius 1 is 1.54 bits per heavy atom. The molecule has 0 amide bonds. The van der Waals surface area contributed by atoms with Gasteiger partial charge < -0.3 is 4.74 Å². The van der Waals surface area contributed by atoms with E-state index in [4.69, 9.17) is 4.74 Å². The Kier molecular flexibility index (Phi) is 3.43. The molecule has 0 aromatic carbocycles.